The molecular weight excluding hydrogens is 897 g/mol. The fourth-order valence-electron chi connectivity index (χ4n) is 5.29. The second-order valence-corrected chi connectivity index (χ2v) is 16.0. The van der Waals surface area contributed by atoms with E-state index in [1.807, 2.05) is 0 Å². The molecular formula is C40H56N8O15S2. The number of carbonyl (C=O) groups is 1. The molecule has 0 aliphatic heterocycles. The molecule has 4 aromatic rings. The largest absolute Gasteiger partial charge is 0.494 e. The maximum atomic E-state index is 12.9. The van der Waals surface area contributed by atoms with Crippen molar-refractivity contribution in [2.24, 2.45) is 20.5 Å². The van der Waals surface area contributed by atoms with Crippen LogP contribution in [0.2, 0.25) is 0 Å². The zero-order chi connectivity index (χ0) is 48.4. The van der Waals surface area contributed by atoms with Crippen LogP contribution in [0.25, 0.3) is 0 Å². The Bertz CT molecular complexity index is 2290. The molecule has 0 radical (unpaired) electrons. The first kappa shape index (κ1) is 55.6. The smallest absolute Gasteiger partial charge is 0.323 e. The predicted molar refractivity (Wildman–Crippen MR) is 240 cm³/mol. The van der Waals surface area contributed by atoms with Gasteiger partial charge in [0.25, 0.3) is 20.2 Å². The summed E-state index contributed by atoms with van der Waals surface area (Å²) in [5.74, 6) is 0.575. The number of carbonyl (C=O) groups excluding carboxylic acids is 1. The summed E-state index contributed by atoms with van der Waals surface area (Å²) in [6.45, 7) is 5.25. The summed E-state index contributed by atoms with van der Waals surface area (Å²) in [7, 11) is -5.81. The molecule has 0 fully saturated rings. The second-order valence-electron chi connectivity index (χ2n) is 13.2. The number of urea groups is 1. The van der Waals surface area contributed by atoms with Crippen LogP contribution in [-0.2, 0) is 20.2 Å². The van der Waals surface area contributed by atoms with E-state index in [1.165, 1.54) is 68.8 Å². The number of hydrogen-bond acceptors (Lipinski definition) is 19. The third-order valence-corrected chi connectivity index (χ3v) is 10.3. The van der Waals surface area contributed by atoms with Crippen molar-refractivity contribution in [3.8, 4) is 11.5 Å². The van der Waals surface area contributed by atoms with E-state index in [0.717, 1.165) is 0 Å². The Morgan fingerprint density at radius 2 is 0.877 bits per heavy atom. The van der Waals surface area contributed by atoms with Crippen LogP contribution in [0.15, 0.2) is 109 Å². The van der Waals surface area contributed by atoms with E-state index in [1.54, 1.807) is 41.0 Å². The Balaban J connectivity index is 0.000000600. The second kappa shape index (κ2) is 29.1. The zero-order valence-electron chi connectivity index (χ0n) is 35.9. The molecule has 0 saturated carbocycles. The molecule has 0 bridgehead atoms. The van der Waals surface area contributed by atoms with Gasteiger partial charge in [-0.3, -0.25) is 18.9 Å². The van der Waals surface area contributed by atoms with Crippen LogP contribution in [0.3, 0.4) is 0 Å². The van der Waals surface area contributed by atoms with Gasteiger partial charge in [-0.15, -0.1) is 0 Å². The Kier molecular flexibility index (Phi) is 24.9. The number of azo groups is 2. The minimum atomic E-state index is -4.32. The summed E-state index contributed by atoms with van der Waals surface area (Å²) < 4.78 is 73.8. The van der Waals surface area contributed by atoms with E-state index < -0.39 is 26.3 Å². The molecule has 4 aromatic carbocycles. The SMILES string of the molecule is COc1cc(N=Nc2ccc(S(=O)(=O)O)cc2)ccc1NC(=O)Nc1cc(C)c(N=Nc2ccc(S(=O)(=O)O)cc2)cc1OC.OCCN(CCO)CCO.OCCN(CCO)CCO. The van der Waals surface area contributed by atoms with Crippen LogP contribution >= 0.6 is 0 Å². The highest BCUT2D eigenvalue weighted by molar-refractivity contribution is 7.86. The van der Waals surface area contributed by atoms with Crippen molar-refractivity contribution < 1.29 is 70.8 Å². The van der Waals surface area contributed by atoms with E-state index in [4.69, 9.17) is 49.2 Å². The number of ether oxygens (including phenoxy) is 2. The number of aryl methyl sites for hydroxylation is 1. The molecule has 0 aliphatic rings. The normalized spacial score (nSPS) is 11.6. The minimum Gasteiger partial charge on any atom is -0.494 e. The summed E-state index contributed by atoms with van der Waals surface area (Å²) in [5.41, 5.74) is 2.81. The van der Waals surface area contributed by atoms with Crippen LogP contribution in [-0.4, -0.2) is 166 Å². The topological polar surface area (TPSA) is 346 Å². The molecule has 10 N–H and O–H groups in total. The lowest BCUT2D eigenvalue weighted by Gasteiger charge is -2.17. The first-order chi connectivity index (χ1) is 31.0. The van der Waals surface area contributed by atoms with Crippen molar-refractivity contribution >= 4 is 60.4 Å². The molecule has 0 aliphatic carbocycles. The third-order valence-electron chi connectivity index (χ3n) is 8.52. The van der Waals surface area contributed by atoms with Gasteiger partial charge < -0.3 is 50.7 Å². The number of hydrogen-bond donors (Lipinski definition) is 10. The third kappa shape index (κ3) is 20.4. The molecule has 358 valence electrons. The average Bonchev–Trinajstić information content (AvgIpc) is 3.26. The van der Waals surface area contributed by atoms with E-state index >= 15 is 0 Å². The van der Waals surface area contributed by atoms with Crippen molar-refractivity contribution in [2.45, 2.75) is 16.7 Å². The molecule has 23 nitrogen and oxygen atoms in total. The Morgan fingerprint density at radius 1 is 0.523 bits per heavy atom. The van der Waals surface area contributed by atoms with Gasteiger partial charge in [0.15, 0.2) is 0 Å². The van der Waals surface area contributed by atoms with Gasteiger partial charge in [0.1, 0.15) is 11.5 Å². The minimum absolute atomic E-state index is 0.0694. The summed E-state index contributed by atoms with van der Waals surface area (Å²) in [6, 6.07) is 17.6. The molecule has 2 amide bonds. The van der Waals surface area contributed by atoms with Gasteiger partial charge in [0.05, 0.1) is 97.8 Å². The highest BCUT2D eigenvalue weighted by Crippen LogP contribution is 2.35. The molecule has 0 atom stereocenters. The first-order valence-electron chi connectivity index (χ1n) is 19.5. The number of methoxy groups -OCH3 is 2. The molecule has 4 rings (SSSR count). The summed E-state index contributed by atoms with van der Waals surface area (Å²) in [4.78, 5) is 15.9. The Labute approximate surface area is 376 Å². The molecule has 65 heavy (non-hydrogen) atoms. The number of benzene rings is 4. The quantitative estimate of drug-likeness (QED) is 0.0398. The van der Waals surface area contributed by atoms with Gasteiger partial charge in [-0.25, -0.2) is 4.79 Å². The maximum absolute atomic E-state index is 12.9. The monoisotopic (exact) mass is 952 g/mol. The number of nitrogens with one attached hydrogen (secondary N) is 2. The van der Waals surface area contributed by atoms with E-state index in [-0.39, 0.29) is 55.2 Å². The summed E-state index contributed by atoms with van der Waals surface area (Å²) in [5, 5.41) is 72.7. The molecule has 0 aromatic heterocycles. The zero-order valence-corrected chi connectivity index (χ0v) is 37.6. The van der Waals surface area contributed by atoms with Crippen molar-refractivity contribution in [3.05, 3.63) is 84.4 Å². The van der Waals surface area contributed by atoms with Gasteiger partial charge in [0.2, 0.25) is 0 Å². The first-order valence-corrected chi connectivity index (χ1v) is 22.4. The Morgan fingerprint density at radius 3 is 1.26 bits per heavy atom. The number of aliphatic hydroxyl groups is 6. The highest BCUT2D eigenvalue weighted by atomic mass is 32.2. The van der Waals surface area contributed by atoms with Gasteiger partial charge >= 0.3 is 6.03 Å². The lowest BCUT2D eigenvalue weighted by Crippen LogP contribution is -2.32. The molecule has 0 unspecified atom stereocenters. The number of rotatable bonds is 22. The van der Waals surface area contributed by atoms with Crippen LogP contribution in [0.1, 0.15) is 5.56 Å². The lowest BCUT2D eigenvalue weighted by molar-refractivity contribution is 0.136. The average molecular weight is 953 g/mol. The summed E-state index contributed by atoms with van der Waals surface area (Å²) in [6.07, 6.45) is 0. The predicted octanol–water partition coefficient (Wildman–Crippen LogP) is 3.51. The molecule has 0 saturated heterocycles. The van der Waals surface area contributed by atoms with Crippen molar-refractivity contribution in [1.82, 2.24) is 9.80 Å². The number of aliphatic hydroxyl groups excluding tert-OH is 6. The van der Waals surface area contributed by atoms with Crippen LogP contribution in [0.5, 0.6) is 11.5 Å². The van der Waals surface area contributed by atoms with Crippen LogP contribution < -0.4 is 20.1 Å². The lowest BCUT2D eigenvalue weighted by atomic mass is 10.1. The van der Waals surface area contributed by atoms with Crippen LogP contribution in [0.4, 0.5) is 38.9 Å². The number of anilines is 2. The Hall–Kier alpha value is -5.55. The number of amides is 2. The van der Waals surface area contributed by atoms with Gasteiger partial charge in [-0.05, 0) is 79.2 Å². The standard InChI is InChI=1S/C28H26N6O9S2.2C6H15NO3/c1-17-14-25(27(43-3)16-24(17)34-32-19-6-11-22(12-7-19)45(39,40)41)30-28(35)29-23-13-8-20(15-26(23)42-2)33-31-18-4-9-21(10-5-18)44(36,37)38;2*8-4-1-7(2-5-9)3-6-10/h4-16H,1-3H3,(H2,29,30,35)(H,36,37,38)(H,39,40,41);2*8-10H,1-6H2. The molecule has 25 heteroatoms. The fourth-order valence-corrected chi connectivity index (χ4v) is 6.25. The molecule has 0 spiro atoms. The maximum Gasteiger partial charge on any atom is 0.323 e. The van der Waals surface area contributed by atoms with Gasteiger partial charge in [-0.1, -0.05) is 0 Å². The van der Waals surface area contributed by atoms with E-state index in [0.29, 0.717) is 84.7 Å². The van der Waals surface area contributed by atoms with Crippen molar-refractivity contribution in [3.63, 3.8) is 0 Å². The van der Waals surface area contributed by atoms with Crippen molar-refractivity contribution in [1.29, 1.82) is 0 Å². The highest BCUT2D eigenvalue weighted by Gasteiger charge is 2.15. The van der Waals surface area contributed by atoms with E-state index in [2.05, 4.69) is 31.1 Å². The van der Waals surface area contributed by atoms with Gasteiger partial charge in [-0.2, -0.15) is 37.3 Å². The van der Waals surface area contributed by atoms with Crippen molar-refractivity contribution in [2.75, 3.05) is 104 Å². The van der Waals surface area contributed by atoms with Crippen LogP contribution in [0, 0.1) is 6.92 Å². The van der Waals surface area contributed by atoms with E-state index in [9.17, 15) is 21.6 Å². The molecule has 0 heterocycles. The fraction of sp³-hybridized carbons (Fsp3) is 0.375. The summed E-state index contributed by atoms with van der Waals surface area (Å²) >= 11 is 0. The van der Waals surface area contributed by atoms with Gasteiger partial charge in [0, 0.05) is 51.4 Å². The number of nitrogens with zero attached hydrogens (tertiary/aromatic N) is 6.